The number of benzene rings is 10. The summed E-state index contributed by atoms with van der Waals surface area (Å²) >= 11 is 1.86. The molecule has 0 amide bonds. The quantitative estimate of drug-likeness (QED) is 0.172. The van der Waals surface area contributed by atoms with Crippen LogP contribution in [0.1, 0.15) is 82.6 Å². The highest BCUT2D eigenvalue weighted by molar-refractivity contribution is 7.26. The van der Waals surface area contributed by atoms with Crippen LogP contribution < -0.4 is 0 Å². The van der Waals surface area contributed by atoms with Gasteiger partial charge < -0.3 is 0 Å². The van der Waals surface area contributed by atoms with Crippen molar-refractivity contribution >= 4 is 31.5 Å². The molecule has 0 N–H and O–H groups in total. The van der Waals surface area contributed by atoms with E-state index in [4.69, 9.17) is 4.98 Å². The van der Waals surface area contributed by atoms with E-state index in [0.29, 0.717) is 5.56 Å². The molecular formula is C76H54N2S. The lowest BCUT2D eigenvalue weighted by Crippen LogP contribution is -2.07. The lowest BCUT2D eigenvalue weighted by Gasteiger charge is -2.30. The number of nitriles is 1. The van der Waals surface area contributed by atoms with Gasteiger partial charge in [0.1, 0.15) is 6.07 Å². The van der Waals surface area contributed by atoms with Gasteiger partial charge in [-0.15, -0.1) is 11.3 Å². The molecule has 12 aromatic rings. The summed E-state index contributed by atoms with van der Waals surface area (Å²) in [6.07, 6.45) is 8.61. The van der Waals surface area contributed by atoms with E-state index < -0.39 is 11.8 Å². The van der Waals surface area contributed by atoms with E-state index in [2.05, 4.69) is 212 Å². The van der Waals surface area contributed by atoms with Crippen LogP contribution in [0.15, 0.2) is 219 Å². The van der Waals surface area contributed by atoms with Gasteiger partial charge in [0, 0.05) is 51.4 Å². The molecule has 0 atom stereocenters. The molecule has 2 heterocycles. The van der Waals surface area contributed by atoms with Crippen molar-refractivity contribution in [2.75, 3.05) is 0 Å². The van der Waals surface area contributed by atoms with Gasteiger partial charge in [-0.25, -0.2) is 0 Å². The number of pyridine rings is 1. The summed E-state index contributed by atoms with van der Waals surface area (Å²) in [5, 5.41) is 14.5. The monoisotopic (exact) mass is 1030 g/mol. The molecule has 0 aliphatic heterocycles. The van der Waals surface area contributed by atoms with E-state index in [-0.39, 0.29) is 0 Å². The molecule has 3 heteroatoms. The lowest BCUT2D eigenvalue weighted by atomic mass is 9.73. The molecule has 4 aliphatic carbocycles. The molecule has 10 aromatic carbocycles. The normalized spacial score (nSPS) is 15.5. The third-order valence-corrected chi connectivity index (χ3v) is 19.0. The molecule has 16 rings (SSSR count). The van der Waals surface area contributed by atoms with Gasteiger partial charge in [0.05, 0.1) is 11.3 Å². The first-order chi connectivity index (χ1) is 39.9. The number of fused-ring (bicyclic) bond motifs is 19. The Bertz CT molecular complexity index is 4650. The molecule has 4 aliphatic rings. The smallest absolute Gasteiger partial charge is 0.100 e. The number of thiophene rings is 1. The van der Waals surface area contributed by atoms with Crippen molar-refractivity contribution in [3.63, 3.8) is 0 Å². The zero-order valence-electron chi connectivity index (χ0n) is 45.7. The molecule has 2 nitrogen and oxygen atoms in total. The first-order valence-corrected chi connectivity index (χ1v) is 29.0. The Morgan fingerprint density at radius 2 is 0.810 bits per heavy atom. The minimum Gasteiger partial charge on any atom is -0.256 e. The van der Waals surface area contributed by atoms with Gasteiger partial charge in [-0.05, 0) is 161 Å². The van der Waals surface area contributed by atoms with Crippen molar-refractivity contribution < 1.29 is 2.74 Å². The Labute approximate surface area is 468 Å². The summed E-state index contributed by atoms with van der Waals surface area (Å²) < 4.78 is 24.1. The average molecular weight is 1030 g/mol. The van der Waals surface area contributed by atoms with E-state index >= 15 is 0 Å². The summed E-state index contributed by atoms with van der Waals surface area (Å²) in [6, 6.07) is 79.9. The molecule has 2 aromatic heterocycles. The van der Waals surface area contributed by atoms with Gasteiger partial charge in [0.25, 0.3) is 0 Å². The summed E-state index contributed by atoms with van der Waals surface area (Å²) in [5.74, 6) is -1.85. The lowest BCUT2D eigenvalue weighted by molar-refractivity contribution is 0.726. The number of hydrogen-bond donors (Lipinski definition) is 0. The molecule has 0 radical (unpaired) electrons. The molecule has 0 saturated heterocycles. The Balaban J connectivity index is 0.961. The number of hydrogen-bond acceptors (Lipinski definition) is 3. The summed E-state index contributed by atoms with van der Waals surface area (Å²) in [6.45, 7) is 0. The summed E-state index contributed by atoms with van der Waals surface area (Å²) in [5.41, 5.74) is 25.9. The Hall–Kier alpha value is -8.94. The molecule has 0 bridgehead atoms. The predicted octanol–water partition coefficient (Wildman–Crippen LogP) is 21.6. The second-order valence-electron chi connectivity index (χ2n) is 21.9. The first kappa shape index (κ1) is 44.1. The van der Waals surface area contributed by atoms with Crippen molar-refractivity contribution in [2.45, 2.75) is 63.2 Å². The van der Waals surface area contributed by atoms with Gasteiger partial charge in [-0.2, -0.15) is 5.26 Å². The van der Waals surface area contributed by atoms with Crippen LogP contribution in [-0.2, 0) is 0 Å². The van der Waals surface area contributed by atoms with Crippen LogP contribution in [0.4, 0.5) is 0 Å². The second-order valence-corrected chi connectivity index (χ2v) is 23.0. The SMILES string of the molecule is [2H]C1(c2c(-c3cccc(-c4ccc5c(c4C4([2H])CCCC4)-c4ccccc4-c4ccccc4-c4ncccc4-5)c3C#N)ccc3c2-c2ccccc2-c2ccccc2-c2cc(-c4cccc5c4sc4ccccc45)ccc2-3)CCCC1. The minimum atomic E-state index is -0.934. The minimum absolute atomic E-state index is 0.569. The fraction of sp³-hybridized carbons (Fsp3) is 0.132. The van der Waals surface area contributed by atoms with Crippen molar-refractivity contribution in [3.05, 3.63) is 235 Å². The fourth-order valence-electron chi connectivity index (χ4n) is 14.4. The topological polar surface area (TPSA) is 36.7 Å². The highest BCUT2D eigenvalue weighted by Gasteiger charge is 2.34. The van der Waals surface area contributed by atoms with Crippen molar-refractivity contribution in [1.29, 1.82) is 5.26 Å². The maximum absolute atomic E-state index is 12.0. The van der Waals surface area contributed by atoms with E-state index in [1.54, 1.807) is 0 Å². The zero-order valence-corrected chi connectivity index (χ0v) is 44.6. The van der Waals surface area contributed by atoms with Crippen LogP contribution in [-0.4, -0.2) is 4.98 Å². The van der Waals surface area contributed by atoms with E-state index in [9.17, 15) is 8.00 Å². The fourth-order valence-corrected chi connectivity index (χ4v) is 15.6. The maximum atomic E-state index is 12.0. The van der Waals surface area contributed by atoms with E-state index in [1.807, 2.05) is 23.6 Å². The van der Waals surface area contributed by atoms with Crippen molar-refractivity contribution in [3.8, 4) is 129 Å². The van der Waals surface area contributed by atoms with Gasteiger partial charge in [0.2, 0.25) is 0 Å². The van der Waals surface area contributed by atoms with Gasteiger partial charge >= 0.3 is 0 Å². The number of nitrogens with zero attached hydrogens (tertiary/aromatic N) is 2. The van der Waals surface area contributed by atoms with Gasteiger partial charge in [0.15, 0.2) is 0 Å². The third kappa shape index (κ3) is 7.17. The first-order valence-electron chi connectivity index (χ1n) is 29.2. The van der Waals surface area contributed by atoms with Gasteiger partial charge in [-0.3, -0.25) is 4.98 Å². The number of aromatic nitrogens is 1. The summed E-state index contributed by atoms with van der Waals surface area (Å²) in [7, 11) is 0. The van der Waals surface area contributed by atoms with Crippen molar-refractivity contribution in [1.82, 2.24) is 4.98 Å². The Kier molecular flexibility index (Phi) is 10.4. The van der Waals surface area contributed by atoms with E-state index in [0.717, 1.165) is 168 Å². The molecule has 0 unspecified atom stereocenters. The summed E-state index contributed by atoms with van der Waals surface area (Å²) in [4.78, 5) is 5.09. The maximum Gasteiger partial charge on any atom is 0.100 e. The highest BCUT2D eigenvalue weighted by atomic mass is 32.1. The molecule has 2 fully saturated rings. The average Bonchev–Trinajstić information content (AvgIpc) is 4.36. The van der Waals surface area contributed by atoms with Gasteiger partial charge in [-0.1, -0.05) is 220 Å². The zero-order chi connectivity index (χ0) is 54.0. The molecule has 2 saturated carbocycles. The van der Waals surface area contributed by atoms with E-state index in [1.165, 1.54) is 36.9 Å². The van der Waals surface area contributed by atoms with Crippen molar-refractivity contribution in [2.24, 2.45) is 0 Å². The molecule has 374 valence electrons. The van der Waals surface area contributed by atoms with Crippen LogP contribution in [0.3, 0.4) is 0 Å². The predicted molar refractivity (Wildman–Crippen MR) is 331 cm³/mol. The Morgan fingerprint density at radius 3 is 1.43 bits per heavy atom. The second kappa shape index (κ2) is 18.6. The van der Waals surface area contributed by atoms with Crippen LogP contribution in [0.5, 0.6) is 0 Å². The highest BCUT2D eigenvalue weighted by Crippen LogP contribution is 2.57. The van der Waals surface area contributed by atoms with Crippen LogP contribution >= 0.6 is 11.3 Å². The van der Waals surface area contributed by atoms with Crippen LogP contribution in [0.25, 0.3) is 143 Å². The molecule has 0 spiro atoms. The Morgan fingerprint density at radius 1 is 0.380 bits per heavy atom. The standard InChI is InChI=1S/C76H54N2S/c77-45-69-55(32-16-33-56(69)62-40-42-64-66-35-17-43-78-75(66)65-30-12-9-25-53(65)52-24-8-11-29-60(52)74(64)72(62)47-20-3-4-21-47)61-39-41-63-57-38-37-48(49-31-15-34-67-58-27-13-14-36-70(58)79-76(49)67)44-68(57)54-26-6-5-22-50(54)51-23-7-10-28-59(51)73(63)71(61)46-18-1-2-19-46/h5-17,22-44,46-47H,1-4,18-21H2/i46D,47D. The molecular weight excluding hydrogens is 973 g/mol. The molecule has 79 heavy (non-hydrogen) atoms. The largest absolute Gasteiger partial charge is 0.256 e. The number of rotatable bonds is 5. The van der Waals surface area contributed by atoms with Crippen LogP contribution in [0, 0.1) is 11.3 Å². The third-order valence-electron chi connectivity index (χ3n) is 17.8. The van der Waals surface area contributed by atoms with Crippen LogP contribution in [0.2, 0.25) is 0 Å².